The SMILES string of the molecule is c1ccc(-c2ccc(-c3nc(-c4cccc(-c5ccccc5)c4)nc(-n4c5ccccc5c5c(-n6c7ccccc7c7ccccc76)cc6c7ccccc7n(-c7ccccc7-c7ccccc7)c6c54)n3)cc2)cc1. The second kappa shape index (κ2) is 17.3. The molecule has 6 nitrogen and oxygen atoms in total. The molecule has 15 rings (SSSR count). The van der Waals surface area contributed by atoms with Crippen LogP contribution in [-0.4, -0.2) is 28.7 Å². The van der Waals surface area contributed by atoms with Crippen molar-refractivity contribution in [1.82, 2.24) is 28.7 Å². The van der Waals surface area contributed by atoms with Gasteiger partial charge in [-0.1, -0.05) is 224 Å². The summed E-state index contributed by atoms with van der Waals surface area (Å²) in [5.74, 6) is 1.68. The molecule has 0 bridgehead atoms. The minimum absolute atomic E-state index is 0.521. The van der Waals surface area contributed by atoms with Crippen LogP contribution in [0.15, 0.2) is 267 Å². The van der Waals surface area contributed by atoms with Crippen LogP contribution in [0.3, 0.4) is 0 Å². The van der Waals surface area contributed by atoms with Gasteiger partial charge in [0.25, 0.3) is 0 Å². The van der Waals surface area contributed by atoms with Gasteiger partial charge in [-0.3, -0.25) is 4.57 Å². The Morgan fingerprint density at radius 3 is 1.32 bits per heavy atom. The smallest absolute Gasteiger partial charge is 0.238 e. The van der Waals surface area contributed by atoms with Crippen LogP contribution in [0.25, 0.3) is 139 Å². The number of nitrogens with zero attached hydrogens (tertiary/aromatic N) is 6. The van der Waals surface area contributed by atoms with Crippen LogP contribution in [0.4, 0.5) is 0 Å². The molecule has 4 heterocycles. The van der Waals surface area contributed by atoms with E-state index >= 15 is 0 Å². The van der Waals surface area contributed by atoms with E-state index in [1.807, 2.05) is 0 Å². The van der Waals surface area contributed by atoms with Crippen LogP contribution < -0.4 is 0 Å². The molecule has 75 heavy (non-hydrogen) atoms. The Hall–Kier alpha value is -10.2. The summed E-state index contributed by atoms with van der Waals surface area (Å²) < 4.78 is 7.27. The Balaban J connectivity index is 1.11. The van der Waals surface area contributed by atoms with Gasteiger partial charge in [-0.15, -0.1) is 0 Å². The first-order valence-electron chi connectivity index (χ1n) is 25.4. The molecule has 0 aliphatic rings. The number of aromatic nitrogens is 6. The monoisotopic (exact) mass is 956 g/mol. The summed E-state index contributed by atoms with van der Waals surface area (Å²) in [6.45, 7) is 0. The molecule has 0 unspecified atom stereocenters. The van der Waals surface area contributed by atoms with Crippen LogP contribution in [0.5, 0.6) is 0 Å². The molecule has 0 aliphatic heterocycles. The molecule has 6 heteroatoms. The molecule has 0 fully saturated rings. The number of fused-ring (bicyclic) bond motifs is 10. The van der Waals surface area contributed by atoms with Crippen LogP contribution in [-0.2, 0) is 0 Å². The van der Waals surface area contributed by atoms with Crippen molar-refractivity contribution in [2.24, 2.45) is 0 Å². The zero-order valence-corrected chi connectivity index (χ0v) is 40.6. The predicted octanol–water partition coefficient (Wildman–Crippen LogP) is 17.5. The fourth-order valence-electron chi connectivity index (χ4n) is 11.6. The zero-order valence-electron chi connectivity index (χ0n) is 40.6. The van der Waals surface area contributed by atoms with Gasteiger partial charge in [-0.25, -0.2) is 4.98 Å². The quantitative estimate of drug-likeness (QED) is 0.152. The lowest BCUT2D eigenvalue weighted by atomic mass is 10.0. The van der Waals surface area contributed by atoms with E-state index < -0.39 is 0 Å². The first-order chi connectivity index (χ1) is 37.2. The maximum absolute atomic E-state index is 5.62. The number of para-hydroxylation sites is 5. The number of benzene rings is 11. The van der Waals surface area contributed by atoms with E-state index in [-0.39, 0.29) is 0 Å². The van der Waals surface area contributed by atoms with Crippen LogP contribution >= 0.6 is 0 Å². The maximum Gasteiger partial charge on any atom is 0.238 e. The minimum atomic E-state index is 0.521. The summed E-state index contributed by atoms with van der Waals surface area (Å²) >= 11 is 0. The molecule has 0 saturated carbocycles. The molecule has 15 aromatic rings. The average Bonchev–Trinajstić information content (AvgIpc) is 4.28. The summed E-state index contributed by atoms with van der Waals surface area (Å²) in [5.41, 5.74) is 17.1. The number of hydrogen-bond acceptors (Lipinski definition) is 3. The van der Waals surface area contributed by atoms with Gasteiger partial charge < -0.3 is 9.13 Å². The van der Waals surface area contributed by atoms with Crippen molar-refractivity contribution >= 4 is 65.4 Å². The highest BCUT2D eigenvalue weighted by atomic mass is 15.2. The second-order valence-corrected chi connectivity index (χ2v) is 19.1. The highest BCUT2D eigenvalue weighted by Gasteiger charge is 2.28. The van der Waals surface area contributed by atoms with Crippen molar-refractivity contribution in [3.63, 3.8) is 0 Å². The summed E-state index contributed by atoms with van der Waals surface area (Å²) in [4.78, 5) is 16.6. The van der Waals surface area contributed by atoms with E-state index in [9.17, 15) is 0 Å². The van der Waals surface area contributed by atoms with Gasteiger partial charge in [0.1, 0.15) is 0 Å². The highest BCUT2D eigenvalue weighted by Crippen LogP contribution is 2.47. The second-order valence-electron chi connectivity index (χ2n) is 19.1. The van der Waals surface area contributed by atoms with Crippen molar-refractivity contribution < 1.29 is 0 Å². The lowest BCUT2D eigenvalue weighted by Crippen LogP contribution is -2.08. The van der Waals surface area contributed by atoms with Gasteiger partial charge in [0.05, 0.1) is 44.5 Å². The van der Waals surface area contributed by atoms with E-state index in [0.29, 0.717) is 17.6 Å². The number of hydrogen-bond donors (Lipinski definition) is 0. The Morgan fingerprint density at radius 1 is 0.240 bits per heavy atom. The third-order valence-corrected chi connectivity index (χ3v) is 14.9. The fourth-order valence-corrected chi connectivity index (χ4v) is 11.6. The topological polar surface area (TPSA) is 53.5 Å². The van der Waals surface area contributed by atoms with Crippen molar-refractivity contribution in [1.29, 1.82) is 0 Å². The lowest BCUT2D eigenvalue weighted by molar-refractivity contribution is 0.953. The minimum Gasteiger partial charge on any atom is -0.309 e. The van der Waals surface area contributed by atoms with E-state index in [2.05, 4.69) is 281 Å². The van der Waals surface area contributed by atoms with Gasteiger partial charge >= 0.3 is 0 Å². The summed E-state index contributed by atoms with van der Waals surface area (Å²) in [7, 11) is 0. The van der Waals surface area contributed by atoms with Gasteiger partial charge in [-0.2, -0.15) is 9.97 Å². The van der Waals surface area contributed by atoms with Crippen molar-refractivity contribution in [2.75, 3.05) is 0 Å². The summed E-state index contributed by atoms with van der Waals surface area (Å²) in [5, 5.41) is 6.83. The Bertz CT molecular complexity index is 4630. The first kappa shape index (κ1) is 42.5. The van der Waals surface area contributed by atoms with E-state index in [1.165, 1.54) is 10.8 Å². The van der Waals surface area contributed by atoms with Crippen molar-refractivity contribution in [3.05, 3.63) is 267 Å². The Morgan fingerprint density at radius 2 is 0.680 bits per heavy atom. The summed E-state index contributed by atoms with van der Waals surface area (Å²) in [6.07, 6.45) is 0. The van der Waals surface area contributed by atoms with Crippen molar-refractivity contribution in [3.8, 4) is 73.5 Å². The molecule has 0 atom stereocenters. The molecule has 4 aromatic heterocycles. The standard InChI is InChI=1S/C69H44N6/c1-4-21-45(22-5-1)47-39-41-49(42-40-47)67-70-68(51-28-20-27-50(43-51)46-23-6-2-7-24-46)72-69(71-67)75-62-38-19-14-33-56(62)64-63(73-59-35-16-11-30-53(59)54-31-12-17-36-60(54)73)44-57-55-32-13-18-37-61(55)74(65(57)66(64)75)58-34-15-10-29-52(58)48-25-8-3-9-26-48/h1-44H. The normalized spacial score (nSPS) is 11.7. The zero-order chi connectivity index (χ0) is 49.4. The maximum atomic E-state index is 5.62. The average molecular weight is 957 g/mol. The first-order valence-corrected chi connectivity index (χ1v) is 25.4. The van der Waals surface area contributed by atoms with Gasteiger partial charge in [0.2, 0.25) is 5.95 Å². The molecular weight excluding hydrogens is 913 g/mol. The number of rotatable bonds is 8. The predicted molar refractivity (Wildman–Crippen MR) is 310 cm³/mol. The van der Waals surface area contributed by atoms with E-state index in [4.69, 9.17) is 15.0 Å². The molecule has 0 amide bonds. The third-order valence-electron chi connectivity index (χ3n) is 14.9. The van der Waals surface area contributed by atoms with Crippen molar-refractivity contribution in [2.45, 2.75) is 0 Å². The lowest BCUT2D eigenvalue weighted by Gasteiger charge is -2.17. The third kappa shape index (κ3) is 6.84. The molecular formula is C69H44N6. The Labute approximate surface area is 432 Å². The molecule has 0 spiro atoms. The highest BCUT2D eigenvalue weighted by molar-refractivity contribution is 6.27. The van der Waals surface area contributed by atoms with Crippen LogP contribution in [0, 0.1) is 0 Å². The van der Waals surface area contributed by atoms with Gasteiger partial charge in [0.15, 0.2) is 11.6 Å². The van der Waals surface area contributed by atoms with Gasteiger partial charge in [-0.05, 0) is 70.3 Å². The molecule has 0 saturated heterocycles. The molecule has 350 valence electrons. The van der Waals surface area contributed by atoms with Gasteiger partial charge in [0, 0.05) is 49.0 Å². The van der Waals surface area contributed by atoms with E-state index in [0.717, 1.165) is 111 Å². The Kier molecular flexibility index (Phi) is 9.78. The molecule has 0 radical (unpaired) electrons. The molecule has 11 aromatic carbocycles. The summed E-state index contributed by atoms with van der Waals surface area (Å²) in [6, 6.07) is 95.2. The molecule has 0 aliphatic carbocycles. The van der Waals surface area contributed by atoms with Crippen LogP contribution in [0.1, 0.15) is 0 Å². The van der Waals surface area contributed by atoms with Crippen LogP contribution in [0.2, 0.25) is 0 Å². The fraction of sp³-hybridized carbons (Fsp3) is 0. The van der Waals surface area contributed by atoms with E-state index in [1.54, 1.807) is 0 Å². The molecule has 0 N–H and O–H groups in total. The largest absolute Gasteiger partial charge is 0.309 e.